The molecule has 1 unspecified atom stereocenters. The van der Waals surface area contributed by atoms with Crippen LogP contribution in [-0.2, 0) is 19.4 Å². The van der Waals surface area contributed by atoms with Gasteiger partial charge in [0, 0.05) is 30.4 Å². The van der Waals surface area contributed by atoms with E-state index in [0.29, 0.717) is 12.5 Å². The van der Waals surface area contributed by atoms with E-state index in [9.17, 15) is 8.78 Å². The van der Waals surface area contributed by atoms with Gasteiger partial charge >= 0.3 is 0 Å². The van der Waals surface area contributed by atoms with Crippen LogP contribution in [0.5, 0.6) is 0 Å². The van der Waals surface area contributed by atoms with Gasteiger partial charge in [0.25, 0.3) is 0 Å². The Kier molecular flexibility index (Phi) is 12.2. The molecule has 7 heteroatoms. The Morgan fingerprint density at radius 3 is 2.66 bits per heavy atom. The number of unbranched alkanes of at least 4 members (excludes halogenated alkanes) is 1. The molecule has 1 atom stereocenters. The van der Waals surface area contributed by atoms with Crippen LogP contribution in [0.25, 0.3) is 0 Å². The number of nitrogens with zero attached hydrogens (tertiary/aromatic N) is 4. The number of halogens is 2. The van der Waals surface area contributed by atoms with Crippen molar-refractivity contribution >= 4 is 5.82 Å². The minimum atomic E-state index is -2.17. The molecule has 0 saturated carbocycles. The first-order chi connectivity index (χ1) is 18.4. The third kappa shape index (κ3) is 9.50. The Morgan fingerprint density at radius 2 is 1.95 bits per heavy atom. The van der Waals surface area contributed by atoms with Crippen LogP contribution in [-0.4, -0.2) is 45.7 Å². The molecule has 4 rings (SSSR count). The number of likely N-dealkylation sites (tertiary alicyclic amines) is 1. The third-order valence-corrected chi connectivity index (χ3v) is 6.98. The number of fused-ring (bicyclic) bond motifs is 1. The molecule has 1 fully saturated rings. The van der Waals surface area contributed by atoms with Crippen molar-refractivity contribution in [1.29, 1.82) is 0 Å². The predicted octanol–water partition coefficient (Wildman–Crippen LogP) is 7.54. The second-order valence-electron chi connectivity index (χ2n) is 10.5. The number of aryl methyl sites for hydroxylation is 2. The van der Waals surface area contributed by atoms with Gasteiger partial charge in [0.2, 0.25) is 6.43 Å². The molecule has 0 aromatic carbocycles. The van der Waals surface area contributed by atoms with Crippen molar-refractivity contribution in [3.63, 3.8) is 0 Å². The molecule has 2 aliphatic heterocycles. The lowest BCUT2D eigenvalue weighted by Gasteiger charge is -2.26. The standard InChI is InChI=1S/C18H27N3.C13H18F2N2/c1-5-6-9-16(4)13-21-14-17(12-19-21)18(15(2)3)20-10-7-8-11-20;14-12(15)6-2-1-5-11-8-7-10-4-3-9-16-13(10)17-11/h5-6,9,12,14,18H,2,7-8,10-11,13H2,1,3-4H3;7-8,12H,1-6,9H2,(H,16,17)/b6-5-,16-9+;. The second kappa shape index (κ2) is 15.6. The van der Waals surface area contributed by atoms with E-state index >= 15 is 0 Å². The van der Waals surface area contributed by atoms with Crippen LogP contribution in [0, 0.1) is 0 Å². The van der Waals surface area contributed by atoms with Gasteiger partial charge in [-0.2, -0.15) is 5.10 Å². The highest BCUT2D eigenvalue weighted by molar-refractivity contribution is 5.47. The zero-order valence-electron chi connectivity index (χ0n) is 23.4. The van der Waals surface area contributed by atoms with Gasteiger partial charge in [-0.15, -0.1) is 0 Å². The van der Waals surface area contributed by atoms with Gasteiger partial charge in [0.05, 0.1) is 18.8 Å². The summed E-state index contributed by atoms with van der Waals surface area (Å²) in [5.74, 6) is 0.989. The highest BCUT2D eigenvalue weighted by Crippen LogP contribution is 2.30. The summed E-state index contributed by atoms with van der Waals surface area (Å²) in [5.41, 5.74) is 6.05. The summed E-state index contributed by atoms with van der Waals surface area (Å²) in [5, 5.41) is 7.80. The quantitative estimate of drug-likeness (QED) is 0.187. The molecule has 0 amide bonds. The number of allylic oxidation sites excluding steroid dienone is 4. The van der Waals surface area contributed by atoms with Gasteiger partial charge in [-0.3, -0.25) is 9.58 Å². The Morgan fingerprint density at radius 1 is 1.16 bits per heavy atom. The lowest BCUT2D eigenvalue weighted by atomic mass is 10.0. The number of rotatable bonds is 11. The van der Waals surface area contributed by atoms with Crippen molar-refractivity contribution in [1.82, 2.24) is 19.7 Å². The Bertz CT molecular complexity index is 1070. The van der Waals surface area contributed by atoms with E-state index in [1.165, 1.54) is 48.2 Å². The Hall–Kier alpha value is -2.80. The number of nitrogens with one attached hydrogen (secondary N) is 1. The number of pyridine rings is 1. The predicted molar refractivity (Wildman–Crippen MR) is 154 cm³/mol. The van der Waals surface area contributed by atoms with Crippen molar-refractivity contribution in [2.75, 3.05) is 25.0 Å². The van der Waals surface area contributed by atoms with Crippen molar-refractivity contribution in [3.8, 4) is 0 Å². The molecule has 0 aliphatic carbocycles. The van der Waals surface area contributed by atoms with Gasteiger partial charge in [-0.05, 0) is 90.4 Å². The minimum absolute atomic E-state index is 0.00317. The van der Waals surface area contributed by atoms with E-state index < -0.39 is 6.43 Å². The SMILES string of the molecule is C=C(C)C(c1cnn(C/C(C)=C/C=C\C)c1)N1CCCC1.FC(F)CCCCc1ccc2c(n1)NCCC2. The van der Waals surface area contributed by atoms with Crippen molar-refractivity contribution in [3.05, 3.63) is 77.3 Å². The fraction of sp³-hybridized carbons (Fsp3) is 0.548. The number of hydrogen-bond donors (Lipinski definition) is 1. The lowest BCUT2D eigenvalue weighted by Crippen LogP contribution is -2.26. The molecule has 1 N–H and O–H groups in total. The molecule has 0 bridgehead atoms. The topological polar surface area (TPSA) is 46.0 Å². The zero-order chi connectivity index (χ0) is 27.3. The molecular weight excluding hydrogens is 480 g/mol. The molecule has 1 saturated heterocycles. The van der Waals surface area contributed by atoms with Crippen LogP contribution in [0.3, 0.4) is 0 Å². The highest BCUT2D eigenvalue weighted by Gasteiger charge is 2.25. The van der Waals surface area contributed by atoms with E-state index in [4.69, 9.17) is 0 Å². The van der Waals surface area contributed by atoms with E-state index in [2.05, 4.69) is 65.1 Å². The summed E-state index contributed by atoms with van der Waals surface area (Å²) in [6.45, 7) is 14.6. The summed E-state index contributed by atoms with van der Waals surface area (Å²) in [6, 6.07) is 4.45. The molecule has 0 radical (unpaired) electrons. The van der Waals surface area contributed by atoms with Gasteiger partial charge in [0.15, 0.2) is 0 Å². The zero-order valence-corrected chi connectivity index (χ0v) is 23.4. The van der Waals surface area contributed by atoms with Gasteiger partial charge in [-0.25, -0.2) is 13.8 Å². The molecule has 2 aromatic heterocycles. The van der Waals surface area contributed by atoms with Crippen LogP contribution in [0.4, 0.5) is 14.6 Å². The summed E-state index contributed by atoms with van der Waals surface area (Å²) < 4.78 is 25.9. The summed E-state index contributed by atoms with van der Waals surface area (Å²) in [6.07, 6.45) is 15.2. The van der Waals surface area contributed by atoms with Gasteiger partial charge < -0.3 is 5.32 Å². The van der Waals surface area contributed by atoms with Crippen molar-refractivity contribution in [2.45, 2.75) is 91.1 Å². The number of hydrogen-bond acceptors (Lipinski definition) is 4. The van der Waals surface area contributed by atoms with Crippen LogP contribution >= 0.6 is 0 Å². The summed E-state index contributed by atoms with van der Waals surface area (Å²) in [7, 11) is 0. The Labute approximate surface area is 227 Å². The molecular formula is C31H45F2N5. The third-order valence-electron chi connectivity index (χ3n) is 6.98. The van der Waals surface area contributed by atoms with Crippen LogP contribution in [0.1, 0.15) is 82.2 Å². The van der Waals surface area contributed by atoms with Gasteiger partial charge in [-0.1, -0.05) is 42.0 Å². The molecule has 0 spiro atoms. The minimum Gasteiger partial charge on any atom is -0.370 e. The van der Waals surface area contributed by atoms with Gasteiger partial charge in [0.1, 0.15) is 5.82 Å². The number of aromatic nitrogens is 3. The maximum atomic E-state index is 12.0. The fourth-order valence-corrected chi connectivity index (χ4v) is 5.10. The first kappa shape index (κ1) is 29.8. The lowest BCUT2D eigenvalue weighted by molar-refractivity contribution is 0.134. The first-order valence-electron chi connectivity index (χ1n) is 14.1. The van der Waals surface area contributed by atoms with E-state index in [1.54, 1.807) is 0 Å². The second-order valence-corrected chi connectivity index (χ2v) is 10.5. The van der Waals surface area contributed by atoms with Crippen LogP contribution < -0.4 is 5.32 Å². The highest BCUT2D eigenvalue weighted by atomic mass is 19.3. The fourth-order valence-electron chi connectivity index (χ4n) is 5.10. The summed E-state index contributed by atoms with van der Waals surface area (Å²) >= 11 is 0. The molecule has 38 heavy (non-hydrogen) atoms. The van der Waals surface area contributed by atoms with E-state index in [-0.39, 0.29) is 6.42 Å². The largest absolute Gasteiger partial charge is 0.370 e. The normalized spacial score (nSPS) is 16.7. The van der Waals surface area contributed by atoms with Crippen LogP contribution in [0.15, 0.2) is 60.5 Å². The number of anilines is 1. The maximum absolute atomic E-state index is 12.0. The van der Waals surface area contributed by atoms with Crippen molar-refractivity contribution in [2.24, 2.45) is 0 Å². The summed E-state index contributed by atoms with van der Waals surface area (Å²) in [4.78, 5) is 7.05. The molecule has 4 heterocycles. The number of alkyl halides is 2. The molecule has 208 valence electrons. The molecule has 2 aromatic rings. The average Bonchev–Trinajstić information content (AvgIpc) is 3.58. The van der Waals surface area contributed by atoms with E-state index in [1.807, 2.05) is 29.9 Å². The maximum Gasteiger partial charge on any atom is 0.238 e. The molecule has 5 nitrogen and oxygen atoms in total. The molecule has 2 aliphatic rings. The Balaban J connectivity index is 0.000000215. The average molecular weight is 526 g/mol. The van der Waals surface area contributed by atoms with Crippen LogP contribution in [0.2, 0.25) is 0 Å². The van der Waals surface area contributed by atoms with E-state index in [0.717, 1.165) is 50.3 Å². The smallest absolute Gasteiger partial charge is 0.238 e. The van der Waals surface area contributed by atoms with Crippen molar-refractivity contribution < 1.29 is 8.78 Å². The first-order valence-corrected chi connectivity index (χ1v) is 14.1. The monoisotopic (exact) mass is 525 g/mol.